The van der Waals surface area contributed by atoms with Gasteiger partial charge in [0.2, 0.25) is 5.91 Å². The first-order valence-corrected chi connectivity index (χ1v) is 12.8. The Bertz CT molecular complexity index is 1530. The van der Waals surface area contributed by atoms with Crippen molar-refractivity contribution in [2.45, 2.75) is 44.3 Å². The van der Waals surface area contributed by atoms with E-state index in [4.69, 9.17) is 16.2 Å². The van der Waals surface area contributed by atoms with Gasteiger partial charge >= 0.3 is 0 Å². The lowest BCUT2D eigenvalue weighted by molar-refractivity contribution is -0.127. The molecule has 1 aromatic heterocycles. The number of carbonyl (C=O) groups is 2. The summed E-state index contributed by atoms with van der Waals surface area (Å²) < 4.78 is 51.0. The Morgan fingerprint density at radius 3 is 2.60 bits per heavy atom. The second-order valence-corrected chi connectivity index (χ2v) is 10.1. The predicted molar refractivity (Wildman–Crippen MR) is 143 cm³/mol. The molecule has 2 fully saturated rings. The first kappa shape index (κ1) is 27.2. The van der Waals surface area contributed by atoms with Gasteiger partial charge in [-0.15, -0.1) is 0 Å². The minimum Gasteiger partial charge on any atom is -0.485 e. The predicted octanol–water partition coefficient (Wildman–Crippen LogP) is 4.46. The van der Waals surface area contributed by atoms with Crippen LogP contribution in [-0.2, 0) is 4.79 Å². The van der Waals surface area contributed by atoms with Gasteiger partial charge in [-0.2, -0.15) is 0 Å². The number of anilines is 1. The average Bonchev–Trinajstić information content (AvgIpc) is 3.70. The molecule has 4 N–H and O–H groups in total. The van der Waals surface area contributed by atoms with E-state index in [0.717, 1.165) is 18.9 Å². The molecule has 0 unspecified atom stereocenters. The molecule has 11 heteroatoms. The quantitative estimate of drug-likeness (QED) is 0.399. The zero-order chi connectivity index (χ0) is 28.7. The highest BCUT2D eigenvalue weighted by molar-refractivity contribution is 5.95. The second kappa shape index (κ2) is 10.6. The van der Waals surface area contributed by atoms with Crippen LogP contribution >= 0.6 is 0 Å². The highest BCUT2D eigenvalue weighted by Crippen LogP contribution is 2.48. The van der Waals surface area contributed by atoms with Crippen molar-refractivity contribution in [3.63, 3.8) is 0 Å². The summed E-state index contributed by atoms with van der Waals surface area (Å²) in [6, 6.07) is 4.85. The number of aromatic nitrogens is 2. The van der Waals surface area contributed by atoms with Crippen molar-refractivity contribution in [1.29, 1.82) is 0 Å². The summed E-state index contributed by atoms with van der Waals surface area (Å²) in [5, 5.41) is 0. The number of carbonyl (C=O) groups excluding carboxylic acids is 2. The van der Waals surface area contributed by atoms with Crippen LogP contribution in [0.4, 0.5) is 19.0 Å². The molecule has 2 aromatic carbocycles. The molecule has 3 aromatic rings. The van der Waals surface area contributed by atoms with Crippen molar-refractivity contribution in [2.75, 3.05) is 18.9 Å². The summed E-state index contributed by atoms with van der Waals surface area (Å²) in [6.45, 7) is 4.93. The standard InChI is InChI=1S/C29H28F3N5O3/c1-3-23(38)37-11-17(31)8-18(37)12-40-27-26(35-13-36-28(27)33)22-10-16(30)9-21(14(22)2)24-19(15-4-5-15)6-7-20(25(24)32)29(34)39/h3,6-7,9-10,13,15,17-18H,1,4-5,8,11-12H2,2H3,(H2,34,39)(H2,33,35,36)/t17-,18+/m1/s1. The summed E-state index contributed by atoms with van der Waals surface area (Å²) in [6.07, 6.45) is 2.82. The van der Waals surface area contributed by atoms with E-state index in [2.05, 4.69) is 16.5 Å². The molecule has 5 rings (SSSR count). The van der Waals surface area contributed by atoms with Crippen LogP contribution in [0.2, 0.25) is 0 Å². The Morgan fingerprint density at radius 2 is 1.93 bits per heavy atom. The molecule has 0 spiro atoms. The number of likely N-dealkylation sites (tertiary alicyclic amines) is 1. The smallest absolute Gasteiger partial charge is 0.251 e. The summed E-state index contributed by atoms with van der Waals surface area (Å²) in [5.41, 5.74) is 13.1. The Kier molecular flexibility index (Phi) is 7.22. The van der Waals surface area contributed by atoms with Gasteiger partial charge in [0.1, 0.15) is 36.4 Å². The number of alkyl halides is 1. The highest BCUT2D eigenvalue weighted by Gasteiger charge is 2.35. The van der Waals surface area contributed by atoms with Gasteiger partial charge in [-0.25, -0.2) is 23.1 Å². The minimum atomic E-state index is -1.22. The Hall–Kier alpha value is -4.41. The third-order valence-corrected chi connectivity index (χ3v) is 7.43. The molecule has 1 saturated heterocycles. The van der Waals surface area contributed by atoms with Crippen LogP contribution in [0.15, 0.2) is 43.2 Å². The van der Waals surface area contributed by atoms with Crippen molar-refractivity contribution in [3.05, 3.63) is 71.6 Å². The van der Waals surface area contributed by atoms with E-state index in [9.17, 15) is 14.0 Å². The van der Waals surface area contributed by atoms with E-state index in [-0.39, 0.29) is 65.0 Å². The molecule has 0 bridgehead atoms. The number of nitrogens with zero attached hydrogens (tertiary/aromatic N) is 3. The Labute approximate surface area is 228 Å². The fourth-order valence-corrected chi connectivity index (χ4v) is 5.28. The van der Waals surface area contributed by atoms with Gasteiger partial charge in [-0.3, -0.25) is 9.59 Å². The molecule has 2 aliphatic rings. The van der Waals surface area contributed by atoms with E-state index in [1.165, 1.54) is 29.4 Å². The summed E-state index contributed by atoms with van der Waals surface area (Å²) >= 11 is 0. The first-order valence-electron chi connectivity index (χ1n) is 12.8. The van der Waals surface area contributed by atoms with Crippen molar-refractivity contribution >= 4 is 17.6 Å². The van der Waals surface area contributed by atoms with Gasteiger partial charge < -0.3 is 21.1 Å². The number of primary amides is 1. The molecular weight excluding hydrogens is 523 g/mol. The molecular formula is C29H28F3N5O3. The summed E-state index contributed by atoms with van der Waals surface area (Å²) in [5.74, 6) is -2.80. The number of halogens is 3. The molecule has 208 valence electrons. The largest absolute Gasteiger partial charge is 0.485 e. The van der Waals surface area contributed by atoms with Gasteiger partial charge in [-0.05, 0) is 66.6 Å². The SMILES string of the molecule is C=CC(=O)N1C[C@H](F)C[C@H]1COc1c(N)ncnc1-c1cc(F)cc(-c2c(C3CC3)ccc(C(N)=O)c2F)c1C. The van der Waals surface area contributed by atoms with Crippen molar-refractivity contribution in [1.82, 2.24) is 14.9 Å². The maximum atomic E-state index is 15.7. The van der Waals surface area contributed by atoms with Crippen molar-refractivity contribution in [3.8, 4) is 28.1 Å². The molecule has 2 heterocycles. The zero-order valence-corrected chi connectivity index (χ0v) is 21.8. The van der Waals surface area contributed by atoms with Crippen LogP contribution in [0, 0.1) is 18.6 Å². The van der Waals surface area contributed by atoms with Crippen molar-refractivity contribution < 1.29 is 27.5 Å². The fourth-order valence-electron chi connectivity index (χ4n) is 5.28. The molecule has 8 nitrogen and oxygen atoms in total. The number of amides is 2. The molecule has 40 heavy (non-hydrogen) atoms. The Balaban J connectivity index is 1.59. The molecule has 1 aliphatic heterocycles. The van der Waals surface area contributed by atoms with Gasteiger partial charge in [0.15, 0.2) is 11.6 Å². The second-order valence-electron chi connectivity index (χ2n) is 10.1. The Morgan fingerprint density at radius 1 is 1.20 bits per heavy atom. The number of nitrogens with two attached hydrogens (primary N) is 2. The molecule has 2 amide bonds. The molecule has 1 aliphatic carbocycles. The summed E-state index contributed by atoms with van der Waals surface area (Å²) in [4.78, 5) is 33.7. The lowest BCUT2D eigenvalue weighted by atomic mass is 9.88. The minimum absolute atomic E-state index is 0.0178. The maximum Gasteiger partial charge on any atom is 0.251 e. The summed E-state index contributed by atoms with van der Waals surface area (Å²) in [7, 11) is 0. The monoisotopic (exact) mass is 551 g/mol. The molecule has 0 radical (unpaired) electrons. The third kappa shape index (κ3) is 4.99. The van der Waals surface area contributed by atoms with Crippen LogP contribution in [0.5, 0.6) is 5.75 Å². The van der Waals surface area contributed by atoms with E-state index in [1.54, 1.807) is 13.0 Å². The van der Waals surface area contributed by atoms with Crippen LogP contribution in [0.25, 0.3) is 22.4 Å². The number of rotatable bonds is 8. The molecule has 1 saturated carbocycles. The van der Waals surface area contributed by atoms with E-state index in [0.29, 0.717) is 11.1 Å². The number of benzene rings is 2. The topological polar surface area (TPSA) is 124 Å². The van der Waals surface area contributed by atoms with Crippen LogP contribution in [0.3, 0.4) is 0 Å². The lowest BCUT2D eigenvalue weighted by Crippen LogP contribution is -2.38. The number of hydrogen-bond donors (Lipinski definition) is 2. The van der Waals surface area contributed by atoms with Gasteiger partial charge in [0.25, 0.3) is 5.91 Å². The third-order valence-electron chi connectivity index (χ3n) is 7.43. The van der Waals surface area contributed by atoms with E-state index < -0.39 is 35.7 Å². The molecule has 2 atom stereocenters. The van der Waals surface area contributed by atoms with Crippen LogP contribution in [-0.4, -0.2) is 52.0 Å². The first-order chi connectivity index (χ1) is 19.1. The number of ether oxygens (including phenoxy) is 1. The van der Waals surface area contributed by atoms with Crippen molar-refractivity contribution in [2.24, 2.45) is 5.73 Å². The van der Waals surface area contributed by atoms with Gasteiger partial charge in [-0.1, -0.05) is 12.6 Å². The highest BCUT2D eigenvalue weighted by atomic mass is 19.1. The van der Waals surface area contributed by atoms with Gasteiger partial charge in [0, 0.05) is 17.5 Å². The number of hydrogen-bond acceptors (Lipinski definition) is 6. The van der Waals surface area contributed by atoms with E-state index in [1.807, 2.05) is 0 Å². The average molecular weight is 552 g/mol. The number of nitrogen functional groups attached to an aromatic ring is 1. The maximum absolute atomic E-state index is 15.7. The lowest BCUT2D eigenvalue weighted by Gasteiger charge is -2.24. The van der Waals surface area contributed by atoms with Crippen LogP contribution < -0.4 is 16.2 Å². The normalized spacial score (nSPS) is 18.6. The zero-order valence-electron chi connectivity index (χ0n) is 21.8. The van der Waals surface area contributed by atoms with E-state index >= 15 is 8.78 Å². The van der Waals surface area contributed by atoms with Gasteiger partial charge in [0.05, 0.1) is 18.2 Å². The van der Waals surface area contributed by atoms with Crippen LogP contribution in [0.1, 0.15) is 46.7 Å². The fraction of sp³-hybridized carbons (Fsp3) is 0.310.